The van der Waals surface area contributed by atoms with Crippen LogP contribution in [0, 0.1) is 6.92 Å². The summed E-state index contributed by atoms with van der Waals surface area (Å²) in [5.74, 6) is -0.379. The van der Waals surface area contributed by atoms with Crippen LogP contribution in [-0.2, 0) is 14.8 Å². The van der Waals surface area contributed by atoms with Crippen molar-refractivity contribution in [3.8, 4) is 0 Å². The fourth-order valence-corrected chi connectivity index (χ4v) is 4.06. The van der Waals surface area contributed by atoms with Gasteiger partial charge in [0.05, 0.1) is 7.11 Å². The summed E-state index contributed by atoms with van der Waals surface area (Å²) < 4.78 is 36.6. The molecule has 0 saturated carbocycles. The topological polar surface area (TPSA) is 88.9 Å². The normalized spacial score (nSPS) is 24.0. The van der Waals surface area contributed by atoms with Crippen molar-refractivity contribution in [2.24, 2.45) is 0 Å². The van der Waals surface area contributed by atoms with E-state index in [1.165, 1.54) is 24.4 Å². The van der Waals surface area contributed by atoms with Crippen molar-refractivity contribution in [1.82, 2.24) is 9.62 Å². The van der Waals surface area contributed by atoms with Crippen LogP contribution < -0.4 is 5.32 Å². The molecule has 0 aliphatic carbocycles. The first kappa shape index (κ1) is 16.0. The van der Waals surface area contributed by atoms with Crippen LogP contribution in [0.15, 0.2) is 15.6 Å². The van der Waals surface area contributed by atoms with Crippen molar-refractivity contribution < 1.29 is 22.4 Å². The Morgan fingerprint density at radius 3 is 2.76 bits per heavy atom. The zero-order valence-corrected chi connectivity index (χ0v) is 13.4. The highest BCUT2D eigenvalue weighted by molar-refractivity contribution is 7.89. The summed E-state index contributed by atoms with van der Waals surface area (Å²) in [6, 6.07) is 1.08. The van der Waals surface area contributed by atoms with Crippen molar-refractivity contribution >= 4 is 16.0 Å². The van der Waals surface area contributed by atoms with E-state index in [0.29, 0.717) is 13.1 Å². The van der Waals surface area contributed by atoms with E-state index < -0.39 is 16.0 Å². The molecule has 2 rings (SSSR count). The molecule has 0 bridgehead atoms. The maximum Gasteiger partial charge on any atom is 0.341 e. The van der Waals surface area contributed by atoms with Crippen LogP contribution in [0.2, 0.25) is 0 Å². The second-order valence-electron chi connectivity index (χ2n) is 5.13. The molecule has 1 aliphatic heterocycles. The lowest BCUT2D eigenvalue weighted by molar-refractivity contribution is 0.0599. The molecular weight excluding hydrogens is 296 g/mol. The van der Waals surface area contributed by atoms with Gasteiger partial charge in [0.15, 0.2) is 0 Å². The molecule has 1 saturated heterocycles. The molecule has 1 aliphatic rings. The van der Waals surface area contributed by atoms with Gasteiger partial charge in [0.1, 0.15) is 11.3 Å². The Bertz CT molecular complexity index is 637. The lowest BCUT2D eigenvalue weighted by atomic mass is 10.1. The molecule has 8 heteroatoms. The smallest absolute Gasteiger partial charge is 0.341 e. The number of nitrogens with zero attached hydrogens (tertiary/aromatic N) is 1. The zero-order chi connectivity index (χ0) is 15.8. The predicted molar refractivity (Wildman–Crippen MR) is 75.6 cm³/mol. The molecule has 2 heterocycles. The molecule has 1 N–H and O–H groups in total. The maximum atomic E-state index is 12.7. The predicted octanol–water partition coefficient (Wildman–Crippen LogP) is 0.746. The van der Waals surface area contributed by atoms with Gasteiger partial charge in [-0.1, -0.05) is 0 Å². The van der Waals surface area contributed by atoms with Gasteiger partial charge in [0.2, 0.25) is 5.09 Å². The largest absolute Gasteiger partial charge is 0.465 e. The Morgan fingerprint density at radius 2 is 2.14 bits per heavy atom. The Kier molecular flexibility index (Phi) is 4.40. The van der Waals surface area contributed by atoms with Gasteiger partial charge < -0.3 is 14.5 Å². The Labute approximate surface area is 124 Å². The third-order valence-corrected chi connectivity index (χ3v) is 5.68. The van der Waals surface area contributed by atoms with Crippen molar-refractivity contribution in [2.45, 2.75) is 37.9 Å². The summed E-state index contributed by atoms with van der Waals surface area (Å²) in [6.45, 7) is 6.25. The molecule has 1 aromatic rings. The molecule has 7 nitrogen and oxygen atoms in total. The van der Waals surface area contributed by atoms with Gasteiger partial charge >= 0.3 is 5.97 Å². The molecule has 118 valence electrons. The van der Waals surface area contributed by atoms with Crippen LogP contribution in [0.25, 0.3) is 0 Å². The van der Waals surface area contributed by atoms with Crippen molar-refractivity contribution in [2.75, 3.05) is 20.2 Å². The lowest BCUT2D eigenvalue weighted by Crippen LogP contribution is -2.56. The van der Waals surface area contributed by atoms with Crippen LogP contribution in [0.3, 0.4) is 0 Å². The fraction of sp³-hybridized carbons (Fsp3) is 0.615. The SMILES string of the molecule is COC(=O)c1cc(S(=O)(=O)N2CCNC(C)C2C)oc1C. The highest BCUT2D eigenvalue weighted by Crippen LogP contribution is 2.26. The zero-order valence-electron chi connectivity index (χ0n) is 12.5. The Balaban J connectivity index is 2.38. The first-order valence-corrected chi connectivity index (χ1v) is 8.17. The van der Waals surface area contributed by atoms with E-state index >= 15 is 0 Å². The van der Waals surface area contributed by atoms with Crippen molar-refractivity contribution in [1.29, 1.82) is 0 Å². The van der Waals surface area contributed by atoms with Crippen LogP contribution in [0.5, 0.6) is 0 Å². The van der Waals surface area contributed by atoms with Gasteiger partial charge in [-0.3, -0.25) is 0 Å². The number of carbonyl (C=O) groups excluding carboxylic acids is 1. The van der Waals surface area contributed by atoms with E-state index in [9.17, 15) is 13.2 Å². The van der Waals surface area contributed by atoms with E-state index in [0.717, 1.165) is 0 Å². The molecular formula is C13H20N2O5S. The first-order chi connectivity index (χ1) is 9.78. The Morgan fingerprint density at radius 1 is 1.48 bits per heavy atom. The lowest BCUT2D eigenvalue weighted by Gasteiger charge is -2.36. The van der Waals surface area contributed by atoms with Gasteiger partial charge in [0, 0.05) is 31.2 Å². The molecule has 2 atom stereocenters. The number of aryl methyl sites for hydroxylation is 1. The molecule has 0 amide bonds. The number of ether oxygens (including phenoxy) is 1. The van der Waals surface area contributed by atoms with Crippen molar-refractivity contribution in [3.63, 3.8) is 0 Å². The number of hydrogen-bond donors (Lipinski definition) is 1. The van der Waals surface area contributed by atoms with Crippen LogP contribution in [0.4, 0.5) is 0 Å². The van der Waals surface area contributed by atoms with E-state index in [-0.39, 0.29) is 28.5 Å². The van der Waals surface area contributed by atoms with Gasteiger partial charge in [-0.05, 0) is 20.8 Å². The molecule has 21 heavy (non-hydrogen) atoms. The van der Waals surface area contributed by atoms with E-state index in [1.807, 2.05) is 13.8 Å². The molecule has 1 aromatic heterocycles. The second-order valence-corrected chi connectivity index (χ2v) is 6.95. The average molecular weight is 316 g/mol. The molecule has 0 spiro atoms. The second kappa shape index (κ2) is 5.78. The molecule has 2 unspecified atom stereocenters. The first-order valence-electron chi connectivity index (χ1n) is 6.73. The van der Waals surface area contributed by atoms with E-state index in [4.69, 9.17) is 4.42 Å². The van der Waals surface area contributed by atoms with E-state index in [1.54, 1.807) is 0 Å². The molecule has 1 fully saturated rings. The van der Waals surface area contributed by atoms with Gasteiger partial charge in [-0.25, -0.2) is 13.2 Å². The molecule has 0 aromatic carbocycles. The molecule has 0 radical (unpaired) electrons. The van der Waals surface area contributed by atoms with Gasteiger partial charge in [-0.2, -0.15) is 4.31 Å². The van der Waals surface area contributed by atoms with Crippen LogP contribution in [0.1, 0.15) is 30.0 Å². The van der Waals surface area contributed by atoms with Gasteiger partial charge in [0.25, 0.3) is 10.0 Å². The van der Waals surface area contributed by atoms with E-state index in [2.05, 4.69) is 10.1 Å². The quantitative estimate of drug-likeness (QED) is 0.828. The standard InChI is InChI=1S/C13H20N2O5S/c1-8-9(2)15(6-5-14-8)21(17,18)12-7-11(10(3)20-12)13(16)19-4/h7-9,14H,5-6H2,1-4H3. The number of nitrogens with one attached hydrogen (secondary N) is 1. The number of esters is 1. The number of furan rings is 1. The number of hydrogen-bond acceptors (Lipinski definition) is 6. The Hall–Kier alpha value is -1.38. The summed E-state index contributed by atoms with van der Waals surface area (Å²) in [4.78, 5) is 11.6. The minimum absolute atomic E-state index is 0.0460. The number of piperazine rings is 1. The summed E-state index contributed by atoms with van der Waals surface area (Å²) in [6.07, 6.45) is 0. The summed E-state index contributed by atoms with van der Waals surface area (Å²) in [5.41, 5.74) is 0.131. The third kappa shape index (κ3) is 2.83. The third-order valence-electron chi connectivity index (χ3n) is 3.84. The number of sulfonamides is 1. The maximum absolute atomic E-state index is 12.7. The minimum atomic E-state index is -3.77. The van der Waals surface area contributed by atoms with Crippen LogP contribution in [-0.4, -0.2) is 51.0 Å². The number of rotatable bonds is 3. The summed E-state index contributed by atoms with van der Waals surface area (Å²) in [7, 11) is -2.53. The highest BCUT2D eigenvalue weighted by atomic mass is 32.2. The minimum Gasteiger partial charge on any atom is -0.465 e. The van der Waals surface area contributed by atoms with Crippen molar-refractivity contribution in [3.05, 3.63) is 17.4 Å². The van der Waals surface area contributed by atoms with Gasteiger partial charge in [-0.15, -0.1) is 0 Å². The fourth-order valence-electron chi connectivity index (χ4n) is 2.38. The summed E-state index contributed by atoms with van der Waals surface area (Å²) >= 11 is 0. The monoisotopic (exact) mass is 316 g/mol. The average Bonchev–Trinajstić information content (AvgIpc) is 2.83. The highest BCUT2D eigenvalue weighted by Gasteiger charge is 2.37. The van der Waals surface area contributed by atoms with Crippen LogP contribution >= 0.6 is 0 Å². The summed E-state index contributed by atoms with van der Waals surface area (Å²) in [5, 5.41) is 3.00. The number of carbonyl (C=O) groups is 1. The number of methoxy groups -OCH3 is 1.